The van der Waals surface area contributed by atoms with Crippen LogP contribution in [0.1, 0.15) is 46.2 Å². The number of nitrogens with zero attached hydrogens (tertiary/aromatic N) is 4. The molecule has 3 rings (SSSR count). The van der Waals surface area contributed by atoms with Gasteiger partial charge in [0.25, 0.3) is 5.91 Å². The molecule has 0 unspecified atom stereocenters. The average Bonchev–Trinajstić information content (AvgIpc) is 3.05. The Morgan fingerprint density at radius 1 is 1.42 bits per heavy atom. The molecular weight excluding hydrogens is 306 g/mol. The molecule has 0 atom stereocenters. The minimum atomic E-state index is -0.366. The highest BCUT2D eigenvalue weighted by molar-refractivity contribution is 6.03. The molecule has 7 heteroatoms. The van der Waals surface area contributed by atoms with Crippen LogP contribution in [0.2, 0.25) is 0 Å². The Kier molecular flexibility index (Phi) is 4.58. The fourth-order valence-corrected chi connectivity index (χ4v) is 2.85. The van der Waals surface area contributed by atoms with Gasteiger partial charge in [-0.2, -0.15) is 10.4 Å². The molecule has 1 N–H and O–H groups in total. The van der Waals surface area contributed by atoms with Crippen molar-refractivity contribution in [2.45, 2.75) is 32.7 Å². The van der Waals surface area contributed by atoms with Crippen LogP contribution in [-0.4, -0.2) is 33.9 Å². The molecule has 3 heterocycles. The summed E-state index contributed by atoms with van der Waals surface area (Å²) in [5.41, 5.74) is 2.21. The van der Waals surface area contributed by atoms with Crippen molar-refractivity contribution in [3.05, 3.63) is 40.8 Å². The number of aryl methyl sites for hydroxylation is 2. The molecule has 0 aliphatic carbocycles. The van der Waals surface area contributed by atoms with Crippen LogP contribution in [0.5, 0.6) is 0 Å². The number of pyridine rings is 1. The zero-order chi connectivity index (χ0) is 17.1. The summed E-state index contributed by atoms with van der Waals surface area (Å²) < 4.78 is 7.16. The van der Waals surface area contributed by atoms with E-state index in [1.54, 1.807) is 6.07 Å². The number of hydrogen-bond acceptors (Lipinski definition) is 5. The minimum absolute atomic E-state index is 0.259. The Bertz CT molecular complexity index is 800. The van der Waals surface area contributed by atoms with Gasteiger partial charge >= 0.3 is 0 Å². The molecule has 1 fully saturated rings. The van der Waals surface area contributed by atoms with Crippen molar-refractivity contribution in [2.24, 2.45) is 0 Å². The van der Waals surface area contributed by atoms with Crippen LogP contribution in [0.15, 0.2) is 18.3 Å². The topological polar surface area (TPSA) is 92.8 Å². The summed E-state index contributed by atoms with van der Waals surface area (Å²) in [7, 11) is 0. The monoisotopic (exact) mass is 325 g/mol. The number of carbonyl (C=O) groups is 1. The van der Waals surface area contributed by atoms with E-state index in [4.69, 9.17) is 4.74 Å². The predicted octanol–water partition coefficient (Wildman–Crippen LogP) is 2.37. The molecule has 0 radical (unpaired) electrons. The second kappa shape index (κ2) is 6.81. The fraction of sp³-hybridized carbons (Fsp3) is 0.412. The Morgan fingerprint density at radius 2 is 2.17 bits per heavy atom. The molecule has 1 aliphatic heterocycles. The number of aromatic nitrogens is 3. The summed E-state index contributed by atoms with van der Waals surface area (Å²) in [6, 6.07) is 5.84. The highest BCUT2D eigenvalue weighted by Gasteiger charge is 2.19. The quantitative estimate of drug-likeness (QED) is 0.935. The molecule has 0 saturated carbocycles. The van der Waals surface area contributed by atoms with Gasteiger partial charge < -0.3 is 10.1 Å². The Labute approximate surface area is 140 Å². The first kappa shape index (κ1) is 16.1. The zero-order valence-electron chi connectivity index (χ0n) is 13.7. The van der Waals surface area contributed by atoms with Gasteiger partial charge in [-0.15, -0.1) is 0 Å². The normalized spacial score (nSPS) is 15.0. The van der Waals surface area contributed by atoms with Crippen LogP contribution < -0.4 is 5.32 Å². The second-order valence-electron chi connectivity index (χ2n) is 5.89. The maximum atomic E-state index is 12.4. The van der Waals surface area contributed by atoms with E-state index in [0.29, 0.717) is 24.5 Å². The number of nitrogens with one attached hydrogen (secondary N) is 1. The summed E-state index contributed by atoms with van der Waals surface area (Å²) in [6.45, 7) is 5.07. The SMILES string of the molecule is Cc1cc(C)c(C#N)c(NC(=O)c2ccn(C3CCOCC3)n2)n1. The smallest absolute Gasteiger partial charge is 0.277 e. The lowest BCUT2D eigenvalue weighted by Gasteiger charge is -2.22. The highest BCUT2D eigenvalue weighted by atomic mass is 16.5. The molecule has 24 heavy (non-hydrogen) atoms. The third kappa shape index (κ3) is 3.29. The van der Waals surface area contributed by atoms with Crippen molar-refractivity contribution >= 4 is 11.7 Å². The van der Waals surface area contributed by atoms with E-state index >= 15 is 0 Å². The van der Waals surface area contributed by atoms with E-state index in [9.17, 15) is 10.1 Å². The molecule has 7 nitrogen and oxygen atoms in total. The van der Waals surface area contributed by atoms with Crippen LogP contribution in [-0.2, 0) is 4.74 Å². The van der Waals surface area contributed by atoms with E-state index in [1.807, 2.05) is 30.8 Å². The highest BCUT2D eigenvalue weighted by Crippen LogP contribution is 2.21. The van der Waals surface area contributed by atoms with E-state index in [2.05, 4.69) is 21.5 Å². The molecule has 2 aromatic rings. The molecule has 0 spiro atoms. The number of hydrogen-bond donors (Lipinski definition) is 1. The van der Waals surface area contributed by atoms with Crippen molar-refractivity contribution in [3.8, 4) is 6.07 Å². The lowest BCUT2D eigenvalue weighted by atomic mass is 10.1. The molecule has 1 aliphatic rings. The van der Waals surface area contributed by atoms with Crippen LogP contribution in [0.4, 0.5) is 5.82 Å². The zero-order valence-corrected chi connectivity index (χ0v) is 13.7. The van der Waals surface area contributed by atoms with Crippen LogP contribution in [0.3, 0.4) is 0 Å². The molecular formula is C17H19N5O2. The van der Waals surface area contributed by atoms with Gasteiger partial charge in [0.15, 0.2) is 11.5 Å². The first-order valence-electron chi connectivity index (χ1n) is 7.91. The van der Waals surface area contributed by atoms with Gasteiger partial charge in [-0.05, 0) is 44.4 Å². The van der Waals surface area contributed by atoms with E-state index in [0.717, 1.165) is 24.1 Å². The summed E-state index contributed by atoms with van der Waals surface area (Å²) in [6.07, 6.45) is 3.59. The van der Waals surface area contributed by atoms with Gasteiger partial charge in [0, 0.05) is 25.1 Å². The van der Waals surface area contributed by atoms with E-state index in [1.165, 1.54) is 0 Å². The molecule has 124 valence electrons. The second-order valence-corrected chi connectivity index (χ2v) is 5.89. The molecule has 2 aromatic heterocycles. The average molecular weight is 325 g/mol. The van der Waals surface area contributed by atoms with Crippen molar-refractivity contribution in [3.63, 3.8) is 0 Å². The van der Waals surface area contributed by atoms with Crippen LogP contribution in [0.25, 0.3) is 0 Å². The predicted molar refractivity (Wildman–Crippen MR) is 87.7 cm³/mol. The number of ether oxygens (including phenoxy) is 1. The molecule has 1 saturated heterocycles. The third-order valence-electron chi connectivity index (χ3n) is 4.09. The number of nitriles is 1. The lowest BCUT2D eigenvalue weighted by Crippen LogP contribution is -2.21. The first-order valence-corrected chi connectivity index (χ1v) is 7.91. The summed E-state index contributed by atoms with van der Waals surface area (Å²) in [4.78, 5) is 16.7. The van der Waals surface area contributed by atoms with Gasteiger partial charge in [0.05, 0.1) is 11.6 Å². The third-order valence-corrected chi connectivity index (χ3v) is 4.09. The van der Waals surface area contributed by atoms with E-state index < -0.39 is 0 Å². The summed E-state index contributed by atoms with van der Waals surface area (Å²) in [5.74, 6) is -0.0876. The van der Waals surface area contributed by atoms with Gasteiger partial charge in [0.1, 0.15) is 6.07 Å². The molecule has 0 bridgehead atoms. The number of rotatable bonds is 3. The maximum Gasteiger partial charge on any atom is 0.277 e. The first-order chi connectivity index (χ1) is 11.6. The number of anilines is 1. The Morgan fingerprint density at radius 3 is 2.88 bits per heavy atom. The Hall–Kier alpha value is -2.72. The van der Waals surface area contributed by atoms with Crippen LogP contribution in [0, 0.1) is 25.2 Å². The van der Waals surface area contributed by atoms with Gasteiger partial charge in [-0.3, -0.25) is 9.48 Å². The van der Waals surface area contributed by atoms with Crippen molar-refractivity contribution in [2.75, 3.05) is 18.5 Å². The largest absolute Gasteiger partial charge is 0.381 e. The van der Waals surface area contributed by atoms with Gasteiger partial charge in [0.2, 0.25) is 0 Å². The van der Waals surface area contributed by atoms with Gasteiger partial charge in [-0.1, -0.05) is 0 Å². The molecule has 0 aromatic carbocycles. The standard InChI is InChI=1S/C17H19N5O2/c1-11-9-12(2)19-16(14(11)10-18)20-17(23)15-3-6-22(21-15)13-4-7-24-8-5-13/h3,6,9,13H,4-5,7-8H2,1-2H3,(H,19,20,23). The summed E-state index contributed by atoms with van der Waals surface area (Å²) in [5, 5.41) is 16.3. The van der Waals surface area contributed by atoms with Gasteiger partial charge in [-0.25, -0.2) is 4.98 Å². The lowest BCUT2D eigenvalue weighted by molar-refractivity contribution is 0.0661. The fourth-order valence-electron chi connectivity index (χ4n) is 2.85. The maximum absolute atomic E-state index is 12.4. The Balaban J connectivity index is 1.79. The van der Waals surface area contributed by atoms with Crippen LogP contribution >= 0.6 is 0 Å². The molecule has 1 amide bonds. The van der Waals surface area contributed by atoms with Crippen molar-refractivity contribution in [1.82, 2.24) is 14.8 Å². The van der Waals surface area contributed by atoms with Crippen molar-refractivity contribution in [1.29, 1.82) is 5.26 Å². The van der Waals surface area contributed by atoms with E-state index in [-0.39, 0.29) is 17.8 Å². The number of carbonyl (C=O) groups excluding carboxylic acids is 1. The number of amides is 1. The minimum Gasteiger partial charge on any atom is -0.381 e. The van der Waals surface area contributed by atoms with Crippen molar-refractivity contribution < 1.29 is 9.53 Å². The summed E-state index contributed by atoms with van der Waals surface area (Å²) >= 11 is 0.